The summed E-state index contributed by atoms with van der Waals surface area (Å²) in [6.07, 6.45) is 2.63. The third-order valence-electron chi connectivity index (χ3n) is 2.79. The second-order valence-electron chi connectivity index (χ2n) is 3.98. The van der Waals surface area contributed by atoms with Crippen LogP contribution in [-0.4, -0.2) is 4.98 Å². The van der Waals surface area contributed by atoms with Crippen molar-refractivity contribution in [3.05, 3.63) is 64.4 Å². The molecule has 2 rings (SSSR count). The van der Waals surface area contributed by atoms with Crippen LogP contribution in [0.2, 0.25) is 5.02 Å². The minimum atomic E-state index is -0.196. The Morgan fingerprint density at radius 3 is 2.76 bits per heavy atom. The average Bonchev–Trinajstić information content (AvgIpc) is 2.39. The molecule has 0 saturated carbocycles. The van der Waals surface area contributed by atoms with Gasteiger partial charge in [-0.2, -0.15) is 0 Å². The maximum atomic E-state index is 6.18. The molecule has 0 aliphatic rings. The van der Waals surface area contributed by atoms with Gasteiger partial charge in [0, 0.05) is 6.20 Å². The Bertz CT molecular complexity index is 494. The summed E-state index contributed by atoms with van der Waals surface area (Å²) < 4.78 is 0. The molecule has 1 aromatic heterocycles. The van der Waals surface area contributed by atoms with Gasteiger partial charge < -0.3 is 5.73 Å². The molecule has 1 aromatic carbocycles. The predicted molar refractivity (Wildman–Crippen MR) is 71.1 cm³/mol. The van der Waals surface area contributed by atoms with Gasteiger partial charge in [-0.25, -0.2) is 0 Å². The van der Waals surface area contributed by atoms with Crippen LogP contribution in [0, 0.1) is 0 Å². The van der Waals surface area contributed by atoms with Crippen LogP contribution < -0.4 is 5.73 Å². The van der Waals surface area contributed by atoms with Gasteiger partial charge >= 0.3 is 0 Å². The van der Waals surface area contributed by atoms with Gasteiger partial charge in [-0.15, -0.1) is 0 Å². The molecular formula is C14H15ClN2. The zero-order chi connectivity index (χ0) is 12.3. The number of pyridine rings is 1. The summed E-state index contributed by atoms with van der Waals surface area (Å²) in [5.74, 6) is 0. The highest BCUT2D eigenvalue weighted by Gasteiger charge is 2.10. The van der Waals surface area contributed by atoms with Crippen LogP contribution in [0.1, 0.15) is 29.8 Å². The van der Waals surface area contributed by atoms with E-state index in [1.165, 1.54) is 5.56 Å². The van der Waals surface area contributed by atoms with Crippen molar-refractivity contribution in [2.45, 2.75) is 19.4 Å². The molecule has 2 nitrogen and oxygen atoms in total. The molecule has 0 radical (unpaired) electrons. The normalized spacial score (nSPS) is 12.4. The van der Waals surface area contributed by atoms with Crippen LogP contribution in [-0.2, 0) is 6.42 Å². The Morgan fingerprint density at radius 2 is 2.12 bits per heavy atom. The topological polar surface area (TPSA) is 38.9 Å². The van der Waals surface area contributed by atoms with Crippen molar-refractivity contribution < 1.29 is 0 Å². The highest BCUT2D eigenvalue weighted by molar-refractivity contribution is 6.30. The van der Waals surface area contributed by atoms with E-state index in [0.29, 0.717) is 5.02 Å². The first-order valence-electron chi connectivity index (χ1n) is 5.66. The van der Waals surface area contributed by atoms with E-state index < -0.39 is 0 Å². The van der Waals surface area contributed by atoms with Gasteiger partial charge in [-0.3, -0.25) is 4.98 Å². The van der Waals surface area contributed by atoms with E-state index in [-0.39, 0.29) is 6.04 Å². The van der Waals surface area contributed by atoms with Gasteiger partial charge in [0.05, 0.1) is 16.8 Å². The Balaban J connectivity index is 2.29. The van der Waals surface area contributed by atoms with Crippen molar-refractivity contribution in [1.82, 2.24) is 4.98 Å². The van der Waals surface area contributed by atoms with Crippen molar-refractivity contribution in [2.24, 2.45) is 5.73 Å². The molecule has 0 aliphatic carbocycles. The van der Waals surface area contributed by atoms with E-state index in [4.69, 9.17) is 17.3 Å². The third-order valence-corrected chi connectivity index (χ3v) is 3.01. The van der Waals surface area contributed by atoms with Crippen LogP contribution in [0.25, 0.3) is 0 Å². The number of hydrogen-bond acceptors (Lipinski definition) is 2. The zero-order valence-electron chi connectivity index (χ0n) is 9.73. The van der Waals surface area contributed by atoms with Crippen molar-refractivity contribution in [3.63, 3.8) is 0 Å². The SMILES string of the molecule is CCc1cccc(C(N)c2ccc(Cl)cn2)c1. The molecule has 0 spiro atoms. The zero-order valence-corrected chi connectivity index (χ0v) is 10.5. The first-order chi connectivity index (χ1) is 8.20. The number of aromatic nitrogens is 1. The molecule has 1 atom stereocenters. The van der Waals surface area contributed by atoms with E-state index in [9.17, 15) is 0 Å². The second-order valence-corrected chi connectivity index (χ2v) is 4.41. The summed E-state index contributed by atoms with van der Waals surface area (Å²) in [7, 11) is 0. The summed E-state index contributed by atoms with van der Waals surface area (Å²) in [6, 6.07) is 11.8. The molecule has 1 heterocycles. The fourth-order valence-electron chi connectivity index (χ4n) is 1.75. The molecule has 0 bridgehead atoms. The summed E-state index contributed by atoms with van der Waals surface area (Å²) in [6.45, 7) is 2.13. The minimum absolute atomic E-state index is 0.196. The molecule has 2 aromatic rings. The van der Waals surface area contributed by atoms with Crippen LogP contribution in [0.5, 0.6) is 0 Å². The number of nitrogens with zero attached hydrogens (tertiary/aromatic N) is 1. The highest BCUT2D eigenvalue weighted by Crippen LogP contribution is 2.20. The van der Waals surface area contributed by atoms with Crippen molar-refractivity contribution in [3.8, 4) is 0 Å². The molecule has 0 fully saturated rings. The van der Waals surface area contributed by atoms with Gasteiger partial charge in [-0.05, 0) is 29.7 Å². The number of hydrogen-bond donors (Lipinski definition) is 1. The molecule has 0 saturated heterocycles. The van der Waals surface area contributed by atoms with Crippen molar-refractivity contribution >= 4 is 11.6 Å². The monoisotopic (exact) mass is 246 g/mol. The summed E-state index contributed by atoms with van der Waals surface area (Å²) in [5.41, 5.74) is 9.39. The molecule has 17 heavy (non-hydrogen) atoms. The fraction of sp³-hybridized carbons (Fsp3) is 0.214. The maximum absolute atomic E-state index is 6.18. The largest absolute Gasteiger partial charge is 0.319 e. The van der Waals surface area contributed by atoms with Crippen LogP contribution in [0.15, 0.2) is 42.6 Å². The molecule has 3 heteroatoms. The van der Waals surface area contributed by atoms with Crippen LogP contribution in [0.4, 0.5) is 0 Å². The lowest BCUT2D eigenvalue weighted by molar-refractivity contribution is 0.826. The van der Waals surface area contributed by atoms with E-state index in [1.54, 1.807) is 6.20 Å². The first kappa shape index (κ1) is 12.1. The van der Waals surface area contributed by atoms with Crippen LogP contribution in [0.3, 0.4) is 0 Å². The van der Waals surface area contributed by atoms with Crippen molar-refractivity contribution in [2.75, 3.05) is 0 Å². The van der Waals surface area contributed by atoms with Gasteiger partial charge in [0.2, 0.25) is 0 Å². The fourth-order valence-corrected chi connectivity index (χ4v) is 1.86. The van der Waals surface area contributed by atoms with E-state index in [2.05, 4.69) is 24.0 Å². The predicted octanol–water partition coefficient (Wildman–Crippen LogP) is 3.35. The highest BCUT2D eigenvalue weighted by atomic mass is 35.5. The van der Waals surface area contributed by atoms with Crippen molar-refractivity contribution in [1.29, 1.82) is 0 Å². The molecule has 0 aliphatic heterocycles. The molecule has 88 valence electrons. The Hall–Kier alpha value is -1.38. The molecule has 1 unspecified atom stereocenters. The van der Waals surface area contributed by atoms with E-state index >= 15 is 0 Å². The van der Waals surface area contributed by atoms with Gasteiger partial charge in [0.1, 0.15) is 0 Å². The number of benzene rings is 1. The summed E-state index contributed by atoms with van der Waals surface area (Å²) >= 11 is 5.81. The lowest BCUT2D eigenvalue weighted by Gasteiger charge is -2.12. The van der Waals surface area contributed by atoms with E-state index in [0.717, 1.165) is 17.7 Å². The number of aryl methyl sites for hydroxylation is 1. The Labute approximate surface area is 106 Å². The summed E-state index contributed by atoms with van der Waals surface area (Å²) in [5, 5.41) is 0.628. The maximum Gasteiger partial charge on any atom is 0.0726 e. The Morgan fingerprint density at radius 1 is 1.29 bits per heavy atom. The number of nitrogens with two attached hydrogens (primary N) is 1. The smallest absolute Gasteiger partial charge is 0.0726 e. The van der Waals surface area contributed by atoms with Gasteiger partial charge in [0.25, 0.3) is 0 Å². The lowest BCUT2D eigenvalue weighted by atomic mass is 10.0. The minimum Gasteiger partial charge on any atom is -0.319 e. The Kier molecular flexibility index (Phi) is 3.77. The van der Waals surface area contributed by atoms with Crippen LogP contribution >= 0.6 is 11.6 Å². The quantitative estimate of drug-likeness (QED) is 0.902. The molecular weight excluding hydrogens is 232 g/mol. The summed E-state index contributed by atoms with van der Waals surface area (Å²) in [4.78, 5) is 4.25. The number of halogens is 1. The average molecular weight is 247 g/mol. The second kappa shape index (κ2) is 5.30. The third kappa shape index (κ3) is 2.84. The van der Waals surface area contributed by atoms with E-state index in [1.807, 2.05) is 24.3 Å². The first-order valence-corrected chi connectivity index (χ1v) is 6.04. The molecule has 0 amide bonds. The number of rotatable bonds is 3. The lowest BCUT2D eigenvalue weighted by Crippen LogP contribution is -2.13. The standard InChI is InChI=1S/C14H15ClN2/c1-2-10-4-3-5-11(8-10)14(16)13-7-6-12(15)9-17-13/h3-9,14H,2,16H2,1H3. The molecule has 2 N–H and O–H groups in total. The van der Waals surface area contributed by atoms with Gasteiger partial charge in [0.15, 0.2) is 0 Å². The van der Waals surface area contributed by atoms with Gasteiger partial charge in [-0.1, -0.05) is 42.8 Å².